The second kappa shape index (κ2) is 5.55. The van der Waals surface area contributed by atoms with Gasteiger partial charge in [0.25, 0.3) is 0 Å². The molecule has 0 spiro atoms. The van der Waals surface area contributed by atoms with E-state index in [4.69, 9.17) is 0 Å². The van der Waals surface area contributed by atoms with Gasteiger partial charge in [-0.1, -0.05) is 0 Å². The summed E-state index contributed by atoms with van der Waals surface area (Å²) in [5, 5.41) is 2.95. The zero-order chi connectivity index (χ0) is 13.2. The van der Waals surface area contributed by atoms with Crippen molar-refractivity contribution in [1.82, 2.24) is 0 Å². The van der Waals surface area contributed by atoms with Gasteiger partial charge in [-0.25, -0.2) is 0 Å². The first-order chi connectivity index (χ1) is 8.52. The summed E-state index contributed by atoms with van der Waals surface area (Å²) in [5.74, 6) is 0. The first kappa shape index (κ1) is 13.8. The standard InChI is InChI=1S/C17H23Se/c1-5-6-11-15-14-10-8-7-9-13(14)12-16(18-15)17(2,3)4/h7-10,12H,5-6,11H2,1-4H3/q+1. The van der Waals surface area contributed by atoms with Gasteiger partial charge in [0.15, 0.2) is 0 Å². The summed E-state index contributed by atoms with van der Waals surface area (Å²) in [5.41, 5.74) is 0.311. The van der Waals surface area contributed by atoms with Gasteiger partial charge in [0.2, 0.25) is 0 Å². The van der Waals surface area contributed by atoms with Crippen LogP contribution in [0.4, 0.5) is 0 Å². The maximum atomic E-state index is 2.44. The fourth-order valence-corrected chi connectivity index (χ4v) is 4.85. The molecule has 0 amide bonds. The minimum absolute atomic E-state index is 0.311. The molecule has 0 bridgehead atoms. The van der Waals surface area contributed by atoms with E-state index in [0.29, 0.717) is 19.9 Å². The molecular formula is C17H23Se+. The SMILES string of the molecule is CCCCc1[se+]c(C(C)(C)C)cc2ccccc12. The molecule has 0 saturated carbocycles. The fraction of sp³-hybridized carbons (Fsp3) is 0.471. The van der Waals surface area contributed by atoms with Crippen LogP contribution in [0.5, 0.6) is 0 Å². The van der Waals surface area contributed by atoms with Crippen LogP contribution < -0.4 is 0 Å². The molecule has 0 fully saturated rings. The van der Waals surface area contributed by atoms with E-state index in [1.54, 1.807) is 8.87 Å². The molecule has 1 aromatic heterocycles. The van der Waals surface area contributed by atoms with Crippen LogP contribution in [0.3, 0.4) is 0 Å². The first-order valence-electron chi connectivity index (χ1n) is 6.87. The molecule has 96 valence electrons. The second-order valence-electron chi connectivity index (χ2n) is 5.97. The van der Waals surface area contributed by atoms with Gasteiger partial charge in [-0.3, -0.25) is 0 Å². The molecule has 18 heavy (non-hydrogen) atoms. The molecule has 0 saturated heterocycles. The van der Waals surface area contributed by atoms with Gasteiger partial charge in [0.1, 0.15) is 0 Å². The number of fused-ring (bicyclic) bond motifs is 1. The molecule has 0 aliphatic heterocycles. The Morgan fingerprint density at radius 1 is 1.11 bits per heavy atom. The van der Waals surface area contributed by atoms with E-state index in [1.807, 2.05) is 0 Å². The Kier molecular flexibility index (Phi) is 4.25. The molecule has 1 heteroatoms. The molecule has 0 N–H and O–H groups in total. The Bertz CT molecular complexity index is 535. The average Bonchev–Trinajstić information content (AvgIpc) is 2.34. The number of hydrogen-bond acceptors (Lipinski definition) is 0. The van der Waals surface area contributed by atoms with E-state index in [9.17, 15) is 0 Å². The van der Waals surface area contributed by atoms with Crippen molar-refractivity contribution in [3.05, 3.63) is 39.2 Å². The normalized spacial score (nSPS) is 12.0. The van der Waals surface area contributed by atoms with E-state index in [2.05, 4.69) is 58.0 Å². The molecular weight excluding hydrogens is 283 g/mol. The predicted octanol–water partition coefficient (Wildman–Crippen LogP) is 4.82. The third kappa shape index (κ3) is 3.02. The van der Waals surface area contributed by atoms with Crippen molar-refractivity contribution in [1.29, 1.82) is 0 Å². The summed E-state index contributed by atoms with van der Waals surface area (Å²) in [4.78, 5) is 0. The van der Waals surface area contributed by atoms with Crippen LogP contribution in [0.2, 0.25) is 0 Å². The van der Waals surface area contributed by atoms with Crippen molar-refractivity contribution in [2.75, 3.05) is 0 Å². The van der Waals surface area contributed by atoms with Crippen LogP contribution in [-0.4, -0.2) is 14.5 Å². The number of aryl methyl sites for hydroxylation is 1. The third-order valence-electron chi connectivity index (χ3n) is 3.28. The zero-order valence-electron chi connectivity index (χ0n) is 11.9. The van der Waals surface area contributed by atoms with Gasteiger partial charge in [0.05, 0.1) is 0 Å². The molecule has 1 aromatic carbocycles. The van der Waals surface area contributed by atoms with E-state index in [1.165, 1.54) is 30.0 Å². The van der Waals surface area contributed by atoms with Crippen LogP contribution in [0.1, 0.15) is 49.4 Å². The molecule has 0 aliphatic rings. The summed E-state index contributed by atoms with van der Waals surface area (Å²) in [6.07, 6.45) is 3.89. The maximum absolute atomic E-state index is 2.44. The van der Waals surface area contributed by atoms with E-state index in [-0.39, 0.29) is 0 Å². The van der Waals surface area contributed by atoms with Gasteiger partial charge in [-0.05, 0) is 0 Å². The van der Waals surface area contributed by atoms with Gasteiger partial charge in [0, 0.05) is 0 Å². The molecule has 2 rings (SSSR count). The third-order valence-corrected chi connectivity index (χ3v) is 6.68. The number of hydrogen-bond donors (Lipinski definition) is 0. The Labute approximate surface area is 117 Å². The number of rotatable bonds is 3. The summed E-state index contributed by atoms with van der Waals surface area (Å²) < 4.78 is 3.34. The predicted molar refractivity (Wildman–Crippen MR) is 82.6 cm³/mol. The number of benzene rings is 1. The number of unbranched alkanes of at least 4 members (excludes halogenated alkanes) is 1. The summed E-state index contributed by atoms with van der Waals surface area (Å²) >= 11 is 0.543. The molecule has 2 aromatic rings. The van der Waals surface area contributed by atoms with E-state index in [0.717, 1.165) is 0 Å². The van der Waals surface area contributed by atoms with Crippen LogP contribution in [0.15, 0.2) is 30.3 Å². The second-order valence-corrected chi connectivity index (χ2v) is 8.36. The first-order valence-corrected chi connectivity index (χ1v) is 8.59. The van der Waals surface area contributed by atoms with Crippen LogP contribution >= 0.6 is 0 Å². The Morgan fingerprint density at radius 2 is 1.83 bits per heavy atom. The Morgan fingerprint density at radius 3 is 2.50 bits per heavy atom. The fourth-order valence-electron chi connectivity index (χ4n) is 2.13. The molecule has 0 aliphatic carbocycles. The topological polar surface area (TPSA) is 0 Å². The van der Waals surface area contributed by atoms with Gasteiger partial charge < -0.3 is 0 Å². The van der Waals surface area contributed by atoms with E-state index >= 15 is 0 Å². The zero-order valence-corrected chi connectivity index (χ0v) is 13.6. The van der Waals surface area contributed by atoms with Crippen LogP contribution in [0, 0.1) is 0 Å². The molecule has 0 nitrogen and oxygen atoms in total. The molecule has 0 unspecified atom stereocenters. The van der Waals surface area contributed by atoms with Gasteiger partial charge in [-0.2, -0.15) is 0 Å². The van der Waals surface area contributed by atoms with Gasteiger partial charge in [-0.15, -0.1) is 0 Å². The Hall–Kier alpha value is -0.651. The Balaban J connectivity index is 2.57. The van der Waals surface area contributed by atoms with Crippen molar-refractivity contribution in [3.8, 4) is 0 Å². The molecule has 0 atom stereocenters. The molecule has 0 radical (unpaired) electrons. The minimum atomic E-state index is 0.311. The monoisotopic (exact) mass is 307 g/mol. The van der Waals surface area contributed by atoms with Crippen molar-refractivity contribution >= 4 is 25.3 Å². The van der Waals surface area contributed by atoms with Crippen LogP contribution in [0.25, 0.3) is 10.8 Å². The summed E-state index contributed by atoms with van der Waals surface area (Å²) in [7, 11) is 0. The quantitative estimate of drug-likeness (QED) is 0.713. The summed E-state index contributed by atoms with van der Waals surface area (Å²) in [6, 6.07) is 11.3. The van der Waals surface area contributed by atoms with Crippen molar-refractivity contribution in [2.24, 2.45) is 0 Å². The van der Waals surface area contributed by atoms with E-state index < -0.39 is 0 Å². The van der Waals surface area contributed by atoms with Crippen molar-refractivity contribution < 1.29 is 0 Å². The average molecular weight is 306 g/mol. The summed E-state index contributed by atoms with van der Waals surface area (Å²) in [6.45, 7) is 9.30. The van der Waals surface area contributed by atoms with Crippen molar-refractivity contribution in [2.45, 2.75) is 52.4 Å². The van der Waals surface area contributed by atoms with Crippen LogP contribution in [-0.2, 0) is 11.8 Å². The van der Waals surface area contributed by atoms with Crippen molar-refractivity contribution in [3.63, 3.8) is 0 Å². The van der Waals surface area contributed by atoms with Gasteiger partial charge >= 0.3 is 117 Å². The molecule has 1 heterocycles.